The van der Waals surface area contributed by atoms with Crippen LogP contribution < -0.4 is 20.3 Å². The van der Waals surface area contributed by atoms with E-state index in [1.807, 2.05) is 49.4 Å². The van der Waals surface area contributed by atoms with Gasteiger partial charge in [-0.3, -0.25) is 9.59 Å². The summed E-state index contributed by atoms with van der Waals surface area (Å²) in [5.74, 6) is 0.940. The number of nitrogens with one attached hydrogen (secondary N) is 2. The van der Waals surface area contributed by atoms with Crippen molar-refractivity contribution in [3.8, 4) is 5.75 Å². The average molecular weight is 396 g/mol. The molecular weight excluding hydrogens is 366 g/mol. The number of methoxy groups -OCH3 is 1. The topological polar surface area (TPSA) is 70.7 Å². The van der Waals surface area contributed by atoms with Gasteiger partial charge in [0, 0.05) is 24.3 Å². The lowest BCUT2D eigenvalue weighted by Gasteiger charge is -2.22. The molecule has 1 aliphatic rings. The van der Waals surface area contributed by atoms with E-state index in [2.05, 4.69) is 24.5 Å². The second-order valence-electron chi connectivity index (χ2n) is 7.63. The van der Waals surface area contributed by atoms with E-state index in [4.69, 9.17) is 4.74 Å². The summed E-state index contributed by atoms with van der Waals surface area (Å²) >= 11 is 0. The third kappa shape index (κ3) is 4.70. The van der Waals surface area contributed by atoms with Gasteiger partial charge in [0.15, 0.2) is 0 Å². The Labute approximate surface area is 172 Å². The zero-order chi connectivity index (χ0) is 21.0. The third-order valence-electron chi connectivity index (χ3n) is 5.16. The van der Waals surface area contributed by atoms with Gasteiger partial charge in [-0.1, -0.05) is 32.0 Å². The molecule has 2 aromatic rings. The fraction of sp³-hybridized carbons (Fsp3) is 0.391. The van der Waals surface area contributed by atoms with Crippen LogP contribution in [0.1, 0.15) is 45.1 Å². The molecule has 1 aliphatic heterocycles. The number of ether oxygens (including phenoxy) is 1. The molecule has 0 radical (unpaired) electrons. The zero-order valence-corrected chi connectivity index (χ0v) is 17.5. The first-order chi connectivity index (χ1) is 13.9. The number of anilines is 3. The van der Waals surface area contributed by atoms with Crippen LogP contribution in [-0.4, -0.2) is 31.5 Å². The van der Waals surface area contributed by atoms with Gasteiger partial charge in [0.05, 0.1) is 12.8 Å². The highest BCUT2D eigenvalue weighted by Gasteiger charge is 2.25. The first-order valence-electron chi connectivity index (χ1n) is 10.1. The van der Waals surface area contributed by atoms with E-state index in [1.165, 1.54) is 0 Å². The SMILES string of the molecule is COc1ccc(NC(C)C(=O)Nc2ccccc2C(C)C)cc1N1CCCC1=O. The van der Waals surface area contributed by atoms with E-state index in [0.29, 0.717) is 24.6 Å². The normalized spacial score (nSPS) is 14.8. The minimum absolute atomic E-state index is 0.0940. The number of carbonyl (C=O) groups is 2. The van der Waals surface area contributed by atoms with Crippen molar-refractivity contribution in [2.75, 3.05) is 29.2 Å². The quantitative estimate of drug-likeness (QED) is 0.730. The van der Waals surface area contributed by atoms with Crippen LogP contribution in [0, 0.1) is 0 Å². The van der Waals surface area contributed by atoms with E-state index in [0.717, 1.165) is 29.0 Å². The summed E-state index contributed by atoms with van der Waals surface area (Å²) in [6, 6.07) is 12.9. The molecule has 6 nitrogen and oxygen atoms in total. The molecule has 6 heteroatoms. The van der Waals surface area contributed by atoms with Crippen LogP contribution in [0.15, 0.2) is 42.5 Å². The van der Waals surface area contributed by atoms with Gasteiger partial charge in [-0.05, 0) is 49.1 Å². The van der Waals surface area contributed by atoms with Crippen molar-refractivity contribution in [1.82, 2.24) is 0 Å². The summed E-state index contributed by atoms with van der Waals surface area (Å²) in [7, 11) is 1.59. The van der Waals surface area contributed by atoms with Gasteiger partial charge in [0.1, 0.15) is 11.8 Å². The van der Waals surface area contributed by atoms with E-state index >= 15 is 0 Å². The Hall–Kier alpha value is -3.02. The van der Waals surface area contributed by atoms with Crippen LogP contribution in [0.3, 0.4) is 0 Å². The van der Waals surface area contributed by atoms with E-state index < -0.39 is 6.04 Å². The molecule has 2 amide bonds. The number of hydrogen-bond donors (Lipinski definition) is 2. The van der Waals surface area contributed by atoms with Gasteiger partial charge in [0.25, 0.3) is 0 Å². The van der Waals surface area contributed by atoms with Crippen molar-refractivity contribution in [1.29, 1.82) is 0 Å². The van der Waals surface area contributed by atoms with Crippen molar-refractivity contribution in [3.63, 3.8) is 0 Å². The number of para-hydroxylation sites is 1. The minimum atomic E-state index is -0.453. The van der Waals surface area contributed by atoms with Crippen molar-refractivity contribution in [2.24, 2.45) is 0 Å². The van der Waals surface area contributed by atoms with Crippen LogP contribution >= 0.6 is 0 Å². The molecule has 0 bridgehead atoms. The summed E-state index contributed by atoms with van der Waals surface area (Å²) in [5, 5.41) is 6.26. The highest BCUT2D eigenvalue weighted by Crippen LogP contribution is 2.34. The fourth-order valence-electron chi connectivity index (χ4n) is 3.56. The summed E-state index contributed by atoms with van der Waals surface area (Å²) in [6.45, 7) is 6.70. The van der Waals surface area contributed by atoms with E-state index in [1.54, 1.807) is 12.0 Å². The lowest BCUT2D eigenvalue weighted by molar-refractivity contribution is -0.117. The monoisotopic (exact) mass is 395 g/mol. The molecule has 154 valence electrons. The Morgan fingerprint density at radius 3 is 2.55 bits per heavy atom. The van der Waals surface area contributed by atoms with Crippen LogP contribution in [0.5, 0.6) is 5.75 Å². The maximum absolute atomic E-state index is 12.7. The standard InChI is InChI=1S/C23H29N3O3/c1-15(2)18-8-5-6-9-19(18)25-23(28)16(3)24-17-11-12-21(29-4)20(14-17)26-13-7-10-22(26)27/h5-6,8-9,11-12,14-16,24H,7,10,13H2,1-4H3,(H,25,28). The van der Waals surface area contributed by atoms with Crippen LogP contribution in [0.25, 0.3) is 0 Å². The summed E-state index contributed by atoms with van der Waals surface area (Å²) in [5.41, 5.74) is 3.43. The molecule has 1 unspecified atom stereocenters. The number of carbonyl (C=O) groups excluding carboxylic acids is 2. The Morgan fingerprint density at radius 2 is 1.90 bits per heavy atom. The molecule has 0 aliphatic carbocycles. The Kier molecular flexibility index (Phi) is 6.42. The van der Waals surface area contributed by atoms with Crippen molar-refractivity contribution in [2.45, 2.75) is 45.6 Å². The van der Waals surface area contributed by atoms with Crippen LogP contribution in [0.4, 0.5) is 17.1 Å². The molecule has 1 fully saturated rings. The van der Waals surface area contributed by atoms with Crippen molar-refractivity contribution < 1.29 is 14.3 Å². The van der Waals surface area contributed by atoms with Gasteiger partial charge in [-0.2, -0.15) is 0 Å². The Morgan fingerprint density at radius 1 is 1.14 bits per heavy atom. The van der Waals surface area contributed by atoms with Crippen LogP contribution in [0.2, 0.25) is 0 Å². The summed E-state index contributed by atoms with van der Waals surface area (Å²) in [6.07, 6.45) is 1.39. The highest BCUT2D eigenvalue weighted by atomic mass is 16.5. The Balaban J connectivity index is 1.74. The molecule has 3 rings (SSSR count). The third-order valence-corrected chi connectivity index (χ3v) is 5.16. The molecular formula is C23H29N3O3. The van der Waals surface area contributed by atoms with Crippen molar-refractivity contribution in [3.05, 3.63) is 48.0 Å². The molecule has 2 aromatic carbocycles. The number of benzene rings is 2. The van der Waals surface area contributed by atoms with Crippen LogP contribution in [-0.2, 0) is 9.59 Å². The first kappa shape index (κ1) is 20.7. The van der Waals surface area contributed by atoms with Gasteiger partial charge < -0.3 is 20.3 Å². The minimum Gasteiger partial charge on any atom is -0.495 e. The van der Waals surface area contributed by atoms with E-state index in [9.17, 15) is 9.59 Å². The largest absolute Gasteiger partial charge is 0.495 e. The predicted molar refractivity (Wildman–Crippen MR) is 117 cm³/mol. The fourth-order valence-corrected chi connectivity index (χ4v) is 3.56. The second kappa shape index (κ2) is 8.99. The number of hydrogen-bond acceptors (Lipinski definition) is 4. The lowest BCUT2D eigenvalue weighted by atomic mass is 10.0. The predicted octanol–water partition coefficient (Wildman–Crippen LogP) is 4.38. The maximum atomic E-state index is 12.7. The molecule has 0 saturated carbocycles. The molecule has 1 saturated heterocycles. The zero-order valence-electron chi connectivity index (χ0n) is 17.5. The molecule has 29 heavy (non-hydrogen) atoms. The number of nitrogens with zero attached hydrogens (tertiary/aromatic N) is 1. The van der Waals surface area contributed by atoms with Gasteiger partial charge in [0.2, 0.25) is 11.8 Å². The van der Waals surface area contributed by atoms with Gasteiger partial charge in [-0.15, -0.1) is 0 Å². The number of amides is 2. The van der Waals surface area contributed by atoms with Gasteiger partial charge >= 0.3 is 0 Å². The van der Waals surface area contributed by atoms with Gasteiger partial charge in [-0.25, -0.2) is 0 Å². The number of rotatable bonds is 7. The first-order valence-corrected chi connectivity index (χ1v) is 10.1. The van der Waals surface area contributed by atoms with E-state index in [-0.39, 0.29) is 11.8 Å². The second-order valence-corrected chi connectivity index (χ2v) is 7.63. The maximum Gasteiger partial charge on any atom is 0.246 e. The Bertz CT molecular complexity index is 895. The summed E-state index contributed by atoms with van der Waals surface area (Å²) in [4.78, 5) is 26.6. The highest BCUT2D eigenvalue weighted by molar-refractivity contribution is 5.98. The lowest BCUT2D eigenvalue weighted by Crippen LogP contribution is -2.32. The molecule has 1 atom stereocenters. The summed E-state index contributed by atoms with van der Waals surface area (Å²) < 4.78 is 5.43. The smallest absolute Gasteiger partial charge is 0.246 e. The molecule has 1 heterocycles. The molecule has 0 spiro atoms. The van der Waals surface area contributed by atoms with Crippen molar-refractivity contribution >= 4 is 28.9 Å². The average Bonchev–Trinajstić information content (AvgIpc) is 3.13. The molecule has 0 aromatic heterocycles. The molecule has 2 N–H and O–H groups in total.